The Hall–Kier alpha value is -2.47. The highest BCUT2D eigenvalue weighted by Crippen LogP contribution is 2.15. The lowest BCUT2D eigenvalue weighted by Crippen LogP contribution is -2.43. The molecule has 0 saturated heterocycles. The molecule has 2 aromatic rings. The van der Waals surface area contributed by atoms with Gasteiger partial charge in [-0.15, -0.1) is 12.6 Å². The second kappa shape index (κ2) is 9.13. The lowest BCUT2D eigenvalue weighted by Gasteiger charge is -2.19. The zero-order chi connectivity index (χ0) is 18.2. The van der Waals surface area contributed by atoms with Crippen LogP contribution in [0.5, 0.6) is 0 Å². The third kappa shape index (κ3) is 5.53. The van der Waals surface area contributed by atoms with Crippen LogP contribution >= 0.6 is 12.6 Å². The van der Waals surface area contributed by atoms with Crippen molar-refractivity contribution in [2.75, 3.05) is 11.1 Å². The van der Waals surface area contributed by atoms with Crippen LogP contribution in [-0.2, 0) is 4.79 Å². The van der Waals surface area contributed by atoms with Gasteiger partial charge in [-0.3, -0.25) is 9.59 Å². The number of unbranched alkanes of at least 4 members (excludes halogenated alkanes) is 1. The summed E-state index contributed by atoms with van der Waals surface area (Å²) in [5.41, 5.74) is 7.37. The van der Waals surface area contributed by atoms with Gasteiger partial charge in [0.25, 0.3) is 5.91 Å². The second-order valence-electron chi connectivity index (χ2n) is 5.80. The summed E-state index contributed by atoms with van der Waals surface area (Å²) in [5, 5.41) is 5.64. The minimum absolute atomic E-state index is 0.247. The Morgan fingerprint density at radius 1 is 1.12 bits per heavy atom. The highest BCUT2D eigenvalue weighted by molar-refractivity contribution is 7.80. The Kier molecular flexibility index (Phi) is 6.89. The SMILES string of the molecule is CCCCC(NC(=O)c1ccccc1S)C(=O)Nc1ccc(N)cc1. The van der Waals surface area contributed by atoms with E-state index in [9.17, 15) is 9.59 Å². The summed E-state index contributed by atoms with van der Waals surface area (Å²) in [6, 6.07) is 13.3. The van der Waals surface area contributed by atoms with Crippen molar-refractivity contribution in [3.05, 3.63) is 54.1 Å². The first-order valence-electron chi connectivity index (χ1n) is 8.26. The first-order chi connectivity index (χ1) is 12.0. The van der Waals surface area contributed by atoms with E-state index in [0.29, 0.717) is 28.3 Å². The summed E-state index contributed by atoms with van der Waals surface area (Å²) in [7, 11) is 0. The summed E-state index contributed by atoms with van der Waals surface area (Å²) in [4.78, 5) is 25.6. The van der Waals surface area contributed by atoms with Crippen molar-refractivity contribution in [3.8, 4) is 0 Å². The topological polar surface area (TPSA) is 84.2 Å². The van der Waals surface area contributed by atoms with Gasteiger partial charge in [-0.05, 0) is 42.8 Å². The molecule has 1 atom stereocenters. The molecule has 0 radical (unpaired) electrons. The van der Waals surface area contributed by atoms with E-state index in [0.717, 1.165) is 12.8 Å². The number of nitrogens with one attached hydrogen (secondary N) is 2. The summed E-state index contributed by atoms with van der Waals surface area (Å²) < 4.78 is 0. The zero-order valence-corrected chi connectivity index (χ0v) is 15.1. The molecular weight excluding hydrogens is 334 g/mol. The van der Waals surface area contributed by atoms with E-state index in [2.05, 4.69) is 23.3 Å². The molecule has 0 heterocycles. The van der Waals surface area contributed by atoms with Gasteiger partial charge in [0.1, 0.15) is 6.04 Å². The van der Waals surface area contributed by atoms with E-state index in [4.69, 9.17) is 5.73 Å². The number of amides is 2. The van der Waals surface area contributed by atoms with Gasteiger partial charge >= 0.3 is 0 Å². The average molecular weight is 357 g/mol. The zero-order valence-electron chi connectivity index (χ0n) is 14.2. The van der Waals surface area contributed by atoms with Gasteiger partial charge in [-0.25, -0.2) is 0 Å². The molecule has 132 valence electrons. The monoisotopic (exact) mass is 357 g/mol. The summed E-state index contributed by atoms with van der Waals surface area (Å²) in [5.74, 6) is -0.553. The Balaban J connectivity index is 2.09. The van der Waals surface area contributed by atoms with Crippen molar-refractivity contribution in [3.63, 3.8) is 0 Å². The molecule has 5 nitrogen and oxygen atoms in total. The van der Waals surface area contributed by atoms with Gasteiger partial charge in [-0.1, -0.05) is 31.9 Å². The van der Waals surface area contributed by atoms with Crippen molar-refractivity contribution in [1.29, 1.82) is 0 Å². The van der Waals surface area contributed by atoms with E-state index in [1.54, 1.807) is 42.5 Å². The number of hydrogen-bond acceptors (Lipinski definition) is 4. The number of benzene rings is 2. The van der Waals surface area contributed by atoms with Gasteiger partial charge in [0.2, 0.25) is 5.91 Å². The predicted molar refractivity (Wildman–Crippen MR) is 104 cm³/mol. The number of anilines is 2. The Morgan fingerprint density at radius 2 is 1.80 bits per heavy atom. The molecule has 0 aliphatic heterocycles. The van der Waals surface area contributed by atoms with E-state index in [-0.39, 0.29) is 11.8 Å². The largest absolute Gasteiger partial charge is 0.399 e. The molecule has 2 rings (SSSR count). The van der Waals surface area contributed by atoms with Crippen LogP contribution in [0.4, 0.5) is 11.4 Å². The lowest BCUT2D eigenvalue weighted by molar-refractivity contribution is -0.118. The van der Waals surface area contributed by atoms with E-state index >= 15 is 0 Å². The summed E-state index contributed by atoms with van der Waals surface area (Å²) in [6.45, 7) is 2.04. The standard InChI is InChI=1S/C19H23N3O2S/c1-2-3-7-16(19(24)21-14-11-9-13(20)10-12-14)22-18(23)15-6-4-5-8-17(15)25/h4-6,8-12,16,25H,2-3,7,20H2,1H3,(H,21,24)(H,22,23). The van der Waals surface area contributed by atoms with E-state index in [1.807, 2.05) is 13.0 Å². The number of rotatable bonds is 7. The van der Waals surface area contributed by atoms with Crippen LogP contribution in [0, 0.1) is 0 Å². The first kappa shape index (κ1) is 18.9. The van der Waals surface area contributed by atoms with Crippen molar-refractivity contribution >= 4 is 35.8 Å². The van der Waals surface area contributed by atoms with Crippen molar-refractivity contribution in [2.24, 2.45) is 0 Å². The Morgan fingerprint density at radius 3 is 2.44 bits per heavy atom. The number of nitrogen functional groups attached to an aromatic ring is 1. The number of thiol groups is 1. The molecule has 0 fully saturated rings. The molecule has 0 bridgehead atoms. The van der Waals surface area contributed by atoms with Crippen LogP contribution in [0.15, 0.2) is 53.4 Å². The van der Waals surface area contributed by atoms with Crippen molar-refractivity contribution in [1.82, 2.24) is 5.32 Å². The molecule has 0 aromatic heterocycles. The lowest BCUT2D eigenvalue weighted by atomic mass is 10.1. The Bertz CT molecular complexity index is 732. The maximum Gasteiger partial charge on any atom is 0.253 e. The van der Waals surface area contributed by atoms with Crippen LogP contribution < -0.4 is 16.4 Å². The van der Waals surface area contributed by atoms with Crippen LogP contribution in [0.3, 0.4) is 0 Å². The minimum atomic E-state index is -0.613. The molecule has 2 amide bonds. The summed E-state index contributed by atoms with van der Waals surface area (Å²) >= 11 is 4.30. The molecule has 6 heteroatoms. The van der Waals surface area contributed by atoms with Gasteiger partial charge in [0.15, 0.2) is 0 Å². The normalized spacial score (nSPS) is 11.6. The molecule has 2 aromatic carbocycles. The number of carbonyl (C=O) groups excluding carboxylic acids is 2. The highest BCUT2D eigenvalue weighted by Gasteiger charge is 2.21. The molecule has 1 unspecified atom stereocenters. The molecule has 0 saturated carbocycles. The fraction of sp³-hybridized carbons (Fsp3) is 0.263. The van der Waals surface area contributed by atoms with Crippen molar-refractivity contribution in [2.45, 2.75) is 37.1 Å². The maximum atomic E-state index is 12.6. The van der Waals surface area contributed by atoms with E-state index < -0.39 is 6.04 Å². The third-order valence-corrected chi connectivity index (χ3v) is 4.19. The maximum absolute atomic E-state index is 12.6. The predicted octanol–water partition coefficient (Wildman–Crippen LogP) is 3.48. The van der Waals surface area contributed by atoms with Gasteiger partial charge in [0.05, 0.1) is 5.56 Å². The molecular formula is C19H23N3O2S. The molecule has 25 heavy (non-hydrogen) atoms. The molecule has 4 N–H and O–H groups in total. The highest BCUT2D eigenvalue weighted by atomic mass is 32.1. The fourth-order valence-corrected chi connectivity index (χ4v) is 2.64. The second-order valence-corrected chi connectivity index (χ2v) is 6.28. The van der Waals surface area contributed by atoms with Gasteiger partial charge in [-0.2, -0.15) is 0 Å². The molecule has 0 spiro atoms. The van der Waals surface area contributed by atoms with Gasteiger partial charge < -0.3 is 16.4 Å². The molecule has 0 aliphatic carbocycles. The van der Waals surface area contributed by atoms with Crippen LogP contribution in [0.2, 0.25) is 0 Å². The van der Waals surface area contributed by atoms with Crippen LogP contribution in [-0.4, -0.2) is 17.9 Å². The minimum Gasteiger partial charge on any atom is -0.399 e. The smallest absolute Gasteiger partial charge is 0.253 e. The van der Waals surface area contributed by atoms with Gasteiger partial charge in [0, 0.05) is 16.3 Å². The summed E-state index contributed by atoms with van der Waals surface area (Å²) in [6.07, 6.45) is 2.34. The fourth-order valence-electron chi connectivity index (χ4n) is 2.37. The average Bonchev–Trinajstić information content (AvgIpc) is 2.60. The first-order valence-corrected chi connectivity index (χ1v) is 8.71. The Labute approximate surface area is 153 Å². The molecule has 0 aliphatic rings. The number of nitrogens with two attached hydrogens (primary N) is 1. The van der Waals surface area contributed by atoms with Crippen molar-refractivity contribution < 1.29 is 9.59 Å². The number of hydrogen-bond donors (Lipinski definition) is 4. The number of carbonyl (C=O) groups is 2. The van der Waals surface area contributed by atoms with E-state index in [1.165, 1.54) is 0 Å². The van der Waals surface area contributed by atoms with Crippen LogP contribution in [0.1, 0.15) is 36.5 Å². The van der Waals surface area contributed by atoms with Crippen LogP contribution in [0.25, 0.3) is 0 Å². The third-order valence-electron chi connectivity index (χ3n) is 3.80. The quantitative estimate of drug-likeness (QED) is 0.452.